The Labute approximate surface area is 178 Å². The lowest BCUT2D eigenvalue weighted by Gasteiger charge is -2.41. The number of hydrogen-bond donors (Lipinski definition) is 0. The lowest BCUT2D eigenvalue weighted by Crippen LogP contribution is -2.47. The fourth-order valence-electron chi connectivity index (χ4n) is 4.18. The van der Waals surface area contributed by atoms with Gasteiger partial charge in [0.05, 0.1) is 5.56 Å². The number of esters is 1. The monoisotopic (exact) mass is 403 g/mol. The summed E-state index contributed by atoms with van der Waals surface area (Å²) in [6.45, 7) is 8.99. The Morgan fingerprint density at radius 3 is 2.34 bits per heavy atom. The van der Waals surface area contributed by atoms with Crippen molar-refractivity contribution >= 4 is 5.97 Å². The molecule has 1 saturated heterocycles. The summed E-state index contributed by atoms with van der Waals surface area (Å²) >= 11 is 0. The van der Waals surface area contributed by atoms with Crippen molar-refractivity contribution in [1.82, 2.24) is 4.90 Å². The van der Waals surface area contributed by atoms with Crippen LogP contribution >= 0.6 is 0 Å². The largest absolute Gasteiger partial charge is 0.455 e. The molecule has 1 fully saturated rings. The fraction of sp³-hybridized carbons (Fsp3) is 0.720. The summed E-state index contributed by atoms with van der Waals surface area (Å²) in [4.78, 5) is 15.3. The third-order valence-corrected chi connectivity index (χ3v) is 6.04. The van der Waals surface area contributed by atoms with Gasteiger partial charge in [0.15, 0.2) is 0 Å². The van der Waals surface area contributed by atoms with E-state index in [0.717, 1.165) is 65.0 Å². The highest BCUT2D eigenvalue weighted by Crippen LogP contribution is 2.33. The van der Waals surface area contributed by atoms with Crippen molar-refractivity contribution in [2.75, 3.05) is 32.8 Å². The number of benzene rings is 1. The maximum Gasteiger partial charge on any atom is 0.338 e. The molecule has 0 radical (unpaired) electrons. The first-order chi connectivity index (χ1) is 14.2. The van der Waals surface area contributed by atoms with Crippen molar-refractivity contribution < 1.29 is 14.3 Å². The molecule has 0 amide bonds. The van der Waals surface area contributed by atoms with Gasteiger partial charge in [0.2, 0.25) is 0 Å². The van der Waals surface area contributed by atoms with E-state index in [0.29, 0.717) is 5.56 Å². The van der Waals surface area contributed by atoms with Crippen LogP contribution in [-0.2, 0) is 9.47 Å². The van der Waals surface area contributed by atoms with Crippen molar-refractivity contribution in [3.63, 3.8) is 0 Å². The zero-order valence-electron chi connectivity index (χ0n) is 18.7. The van der Waals surface area contributed by atoms with Crippen LogP contribution in [0.5, 0.6) is 0 Å². The highest BCUT2D eigenvalue weighted by molar-refractivity contribution is 5.89. The molecule has 1 aromatic rings. The van der Waals surface area contributed by atoms with Gasteiger partial charge in [-0.15, -0.1) is 0 Å². The second-order valence-electron chi connectivity index (χ2n) is 8.35. The van der Waals surface area contributed by atoms with Crippen molar-refractivity contribution in [3.8, 4) is 0 Å². The first-order valence-corrected chi connectivity index (χ1v) is 11.8. The Kier molecular flexibility index (Phi) is 11.3. The second-order valence-corrected chi connectivity index (χ2v) is 8.35. The molecular formula is C25H41NO3. The van der Waals surface area contributed by atoms with Crippen LogP contribution in [0.4, 0.5) is 0 Å². The van der Waals surface area contributed by atoms with Gasteiger partial charge in [-0.2, -0.15) is 0 Å². The number of hydrogen-bond acceptors (Lipinski definition) is 4. The maximum atomic E-state index is 12.8. The molecule has 4 heteroatoms. The summed E-state index contributed by atoms with van der Waals surface area (Å²) in [5, 5.41) is 0. The van der Waals surface area contributed by atoms with Crippen molar-refractivity contribution in [1.29, 1.82) is 0 Å². The van der Waals surface area contributed by atoms with Gasteiger partial charge in [-0.05, 0) is 51.2 Å². The Balaban J connectivity index is 1.87. The maximum absolute atomic E-state index is 12.8. The van der Waals surface area contributed by atoms with Gasteiger partial charge in [0, 0.05) is 32.8 Å². The molecule has 1 aromatic carbocycles. The summed E-state index contributed by atoms with van der Waals surface area (Å²) < 4.78 is 11.7. The van der Waals surface area contributed by atoms with Crippen LogP contribution in [0.25, 0.3) is 0 Å². The molecule has 0 saturated carbocycles. The molecule has 164 valence electrons. The lowest BCUT2D eigenvalue weighted by atomic mass is 9.85. The topological polar surface area (TPSA) is 38.8 Å². The summed E-state index contributed by atoms with van der Waals surface area (Å²) in [6.07, 6.45) is 11.5. The molecule has 29 heavy (non-hydrogen) atoms. The highest BCUT2D eigenvalue weighted by Gasteiger charge is 2.37. The van der Waals surface area contributed by atoms with Crippen LogP contribution in [-0.4, -0.2) is 49.3 Å². The van der Waals surface area contributed by atoms with Gasteiger partial charge in [-0.3, -0.25) is 0 Å². The van der Waals surface area contributed by atoms with E-state index in [-0.39, 0.29) is 11.6 Å². The predicted molar refractivity (Wildman–Crippen MR) is 119 cm³/mol. The first kappa shape index (κ1) is 23.9. The molecule has 0 N–H and O–H groups in total. The average molecular weight is 404 g/mol. The SMILES string of the molecule is CCCCCCCCC1(OC(=O)c2ccccc2)CCN(CCCOCC)CC1. The Hall–Kier alpha value is -1.39. The normalized spacial score (nSPS) is 16.6. The molecule has 0 aromatic heterocycles. The standard InChI is InChI=1S/C25H41NO3/c1-3-5-6-7-8-12-16-25(29-24(27)23-14-10-9-11-15-23)17-20-26(21-18-25)19-13-22-28-4-2/h9-11,14-15H,3-8,12-13,16-22H2,1-2H3. The van der Waals surface area contributed by atoms with Crippen LogP contribution in [0.1, 0.15) is 88.4 Å². The van der Waals surface area contributed by atoms with Crippen LogP contribution in [0.15, 0.2) is 30.3 Å². The molecule has 1 heterocycles. The molecule has 4 nitrogen and oxygen atoms in total. The zero-order valence-corrected chi connectivity index (χ0v) is 18.7. The van der Waals surface area contributed by atoms with Gasteiger partial charge < -0.3 is 14.4 Å². The number of ether oxygens (including phenoxy) is 2. The van der Waals surface area contributed by atoms with Crippen LogP contribution in [0, 0.1) is 0 Å². The zero-order chi connectivity index (χ0) is 20.8. The van der Waals surface area contributed by atoms with Gasteiger partial charge in [-0.25, -0.2) is 4.79 Å². The smallest absolute Gasteiger partial charge is 0.338 e. The molecule has 0 aliphatic carbocycles. The highest BCUT2D eigenvalue weighted by atomic mass is 16.6. The van der Waals surface area contributed by atoms with Crippen molar-refractivity contribution in [2.45, 2.75) is 83.7 Å². The summed E-state index contributed by atoms with van der Waals surface area (Å²) in [6, 6.07) is 9.44. The Bertz CT molecular complexity index is 552. The second kappa shape index (κ2) is 13.8. The van der Waals surface area contributed by atoms with E-state index in [1.807, 2.05) is 37.3 Å². The molecular weight excluding hydrogens is 362 g/mol. The summed E-state index contributed by atoms with van der Waals surface area (Å²) in [7, 11) is 0. The number of carbonyl (C=O) groups is 1. The van der Waals surface area contributed by atoms with Crippen molar-refractivity contribution in [2.24, 2.45) is 0 Å². The van der Waals surface area contributed by atoms with E-state index < -0.39 is 0 Å². The van der Waals surface area contributed by atoms with E-state index >= 15 is 0 Å². The van der Waals surface area contributed by atoms with E-state index in [1.54, 1.807) is 0 Å². The number of rotatable bonds is 14. The van der Waals surface area contributed by atoms with E-state index in [4.69, 9.17) is 9.47 Å². The number of nitrogens with zero attached hydrogens (tertiary/aromatic N) is 1. The molecule has 2 rings (SSSR count). The van der Waals surface area contributed by atoms with E-state index in [9.17, 15) is 4.79 Å². The minimum Gasteiger partial charge on any atom is -0.455 e. The van der Waals surface area contributed by atoms with Crippen LogP contribution in [0.3, 0.4) is 0 Å². The number of likely N-dealkylation sites (tertiary alicyclic amines) is 1. The molecule has 0 atom stereocenters. The number of carbonyl (C=O) groups excluding carboxylic acids is 1. The van der Waals surface area contributed by atoms with Gasteiger partial charge >= 0.3 is 5.97 Å². The molecule has 0 unspecified atom stereocenters. The minimum atomic E-state index is -0.298. The summed E-state index contributed by atoms with van der Waals surface area (Å²) in [5.74, 6) is -0.165. The predicted octanol–water partition coefficient (Wildman–Crippen LogP) is 5.86. The summed E-state index contributed by atoms with van der Waals surface area (Å²) in [5.41, 5.74) is 0.364. The molecule has 1 aliphatic heterocycles. The third kappa shape index (κ3) is 8.88. The first-order valence-electron chi connectivity index (χ1n) is 11.8. The quantitative estimate of drug-likeness (QED) is 0.288. The van der Waals surface area contributed by atoms with Crippen molar-refractivity contribution in [3.05, 3.63) is 35.9 Å². The van der Waals surface area contributed by atoms with Crippen LogP contribution < -0.4 is 0 Å². The third-order valence-electron chi connectivity index (χ3n) is 6.04. The van der Waals surface area contributed by atoms with E-state index in [1.165, 1.54) is 32.1 Å². The van der Waals surface area contributed by atoms with Gasteiger partial charge in [0.25, 0.3) is 0 Å². The lowest BCUT2D eigenvalue weighted by molar-refractivity contribution is -0.0575. The Morgan fingerprint density at radius 2 is 1.66 bits per heavy atom. The Morgan fingerprint density at radius 1 is 0.966 bits per heavy atom. The molecule has 0 spiro atoms. The number of unbranched alkanes of at least 4 members (excludes halogenated alkanes) is 5. The van der Waals surface area contributed by atoms with Gasteiger partial charge in [0.1, 0.15) is 5.60 Å². The fourth-order valence-corrected chi connectivity index (χ4v) is 4.18. The number of piperidine rings is 1. The average Bonchev–Trinajstić information content (AvgIpc) is 2.76. The minimum absolute atomic E-state index is 0.165. The van der Waals surface area contributed by atoms with E-state index in [2.05, 4.69) is 11.8 Å². The molecule has 1 aliphatic rings. The molecule has 0 bridgehead atoms. The van der Waals surface area contributed by atoms with Crippen LogP contribution in [0.2, 0.25) is 0 Å². The van der Waals surface area contributed by atoms with Gasteiger partial charge in [-0.1, -0.05) is 57.2 Å².